The van der Waals surface area contributed by atoms with Crippen LogP contribution in [0.4, 0.5) is 23.2 Å². The summed E-state index contributed by atoms with van der Waals surface area (Å²) in [4.78, 5) is 17.8. The number of methoxy groups -OCH3 is 1. The molecule has 2 aromatic carbocycles. The van der Waals surface area contributed by atoms with E-state index >= 15 is 0 Å². The highest BCUT2D eigenvalue weighted by molar-refractivity contribution is 7.90. The highest BCUT2D eigenvalue weighted by atomic mass is 32.2. The summed E-state index contributed by atoms with van der Waals surface area (Å²) in [6.45, 7) is 1.47. The predicted molar refractivity (Wildman–Crippen MR) is 123 cm³/mol. The zero-order valence-electron chi connectivity index (χ0n) is 19.3. The first-order chi connectivity index (χ1) is 16.2. The van der Waals surface area contributed by atoms with Gasteiger partial charge in [-0.1, -0.05) is 0 Å². The SMILES string of the molecule is COc1cc(F)ccc1-c1cc(C)ncc1N(CC(F)(F)F)C(=O)c1cc(C)cc(S(C)(=O)=O)c1. The second-order valence-electron chi connectivity index (χ2n) is 8.00. The predicted octanol–water partition coefficient (Wildman–Crippen LogP) is 5.13. The molecule has 0 unspecified atom stereocenters. The lowest BCUT2D eigenvalue weighted by Crippen LogP contribution is -2.39. The van der Waals surface area contributed by atoms with Crippen LogP contribution in [0.3, 0.4) is 0 Å². The molecule has 1 amide bonds. The largest absolute Gasteiger partial charge is 0.496 e. The van der Waals surface area contributed by atoms with Gasteiger partial charge >= 0.3 is 6.18 Å². The molecule has 0 atom stereocenters. The van der Waals surface area contributed by atoms with Crippen molar-refractivity contribution in [2.75, 3.05) is 24.8 Å². The van der Waals surface area contributed by atoms with Crippen LogP contribution in [0.5, 0.6) is 5.75 Å². The summed E-state index contributed by atoms with van der Waals surface area (Å²) in [6, 6.07) is 8.64. The first-order valence-electron chi connectivity index (χ1n) is 10.2. The Labute approximate surface area is 200 Å². The summed E-state index contributed by atoms with van der Waals surface area (Å²) in [6.07, 6.45) is -2.75. The number of alkyl halides is 3. The van der Waals surface area contributed by atoms with Crippen LogP contribution < -0.4 is 9.64 Å². The monoisotopic (exact) mass is 510 g/mol. The molecule has 0 aliphatic carbocycles. The van der Waals surface area contributed by atoms with E-state index in [2.05, 4.69) is 4.98 Å². The van der Waals surface area contributed by atoms with Gasteiger partial charge in [-0.25, -0.2) is 12.8 Å². The lowest BCUT2D eigenvalue weighted by atomic mass is 10.0. The number of aryl methyl sites for hydroxylation is 2. The molecule has 3 aromatic rings. The third-order valence-electron chi connectivity index (χ3n) is 5.07. The van der Waals surface area contributed by atoms with Gasteiger partial charge in [-0.2, -0.15) is 13.2 Å². The molecule has 0 aliphatic rings. The molecule has 0 N–H and O–H groups in total. The van der Waals surface area contributed by atoms with Gasteiger partial charge in [-0.3, -0.25) is 14.7 Å². The van der Waals surface area contributed by atoms with Gasteiger partial charge in [-0.05, 0) is 55.8 Å². The Balaban J connectivity index is 2.26. The summed E-state index contributed by atoms with van der Waals surface area (Å²) in [5.41, 5.74) is 0.769. The van der Waals surface area contributed by atoms with Crippen LogP contribution in [-0.2, 0) is 9.84 Å². The summed E-state index contributed by atoms with van der Waals surface area (Å²) < 4.78 is 84.0. The Hall–Kier alpha value is -3.47. The molecule has 35 heavy (non-hydrogen) atoms. The van der Waals surface area contributed by atoms with Crippen molar-refractivity contribution in [3.63, 3.8) is 0 Å². The highest BCUT2D eigenvalue weighted by Crippen LogP contribution is 2.39. The molecular weight excluding hydrogens is 488 g/mol. The van der Waals surface area contributed by atoms with Crippen molar-refractivity contribution in [1.29, 1.82) is 0 Å². The number of hydrogen-bond donors (Lipinski definition) is 0. The fourth-order valence-electron chi connectivity index (χ4n) is 3.56. The van der Waals surface area contributed by atoms with E-state index in [4.69, 9.17) is 4.74 Å². The highest BCUT2D eigenvalue weighted by Gasteiger charge is 2.36. The standard InChI is InChI=1S/C24H22F4N2O4S/c1-14-7-16(10-18(8-14)35(4,32)33)23(31)30(13-24(26,27)28)21-12-29-15(2)9-20(21)19-6-5-17(25)11-22(19)34-3/h5-12H,13H2,1-4H3. The molecule has 0 spiro atoms. The molecule has 0 saturated carbocycles. The lowest BCUT2D eigenvalue weighted by molar-refractivity contribution is -0.118. The van der Waals surface area contributed by atoms with Crippen LogP contribution in [0, 0.1) is 19.7 Å². The van der Waals surface area contributed by atoms with E-state index in [-0.39, 0.29) is 33.0 Å². The molecule has 6 nitrogen and oxygen atoms in total. The Morgan fingerprint density at radius 2 is 1.74 bits per heavy atom. The zero-order chi connectivity index (χ0) is 26.1. The van der Waals surface area contributed by atoms with Gasteiger partial charge in [0, 0.05) is 34.7 Å². The van der Waals surface area contributed by atoms with Crippen molar-refractivity contribution >= 4 is 21.4 Å². The molecule has 0 radical (unpaired) electrons. The van der Waals surface area contributed by atoms with Gasteiger partial charge in [0.15, 0.2) is 9.84 Å². The number of sulfone groups is 1. The second kappa shape index (κ2) is 9.65. The Kier molecular flexibility index (Phi) is 7.21. The third-order valence-corrected chi connectivity index (χ3v) is 6.16. The van der Waals surface area contributed by atoms with Crippen LogP contribution in [0.1, 0.15) is 21.6 Å². The zero-order valence-corrected chi connectivity index (χ0v) is 20.1. The van der Waals surface area contributed by atoms with E-state index in [1.165, 1.54) is 38.3 Å². The van der Waals surface area contributed by atoms with Gasteiger partial charge in [0.2, 0.25) is 0 Å². The number of ether oxygens (including phenoxy) is 1. The number of halogens is 4. The first kappa shape index (κ1) is 26.1. The molecule has 1 heterocycles. The van der Waals surface area contributed by atoms with Crippen molar-refractivity contribution in [3.05, 3.63) is 71.3 Å². The van der Waals surface area contributed by atoms with Crippen molar-refractivity contribution in [2.45, 2.75) is 24.9 Å². The lowest BCUT2D eigenvalue weighted by Gasteiger charge is -2.27. The van der Waals surface area contributed by atoms with Gasteiger partial charge < -0.3 is 4.74 Å². The molecule has 186 valence electrons. The third kappa shape index (κ3) is 6.16. The minimum absolute atomic E-state index is 0.0474. The maximum absolute atomic E-state index is 13.8. The first-order valence-corrected chi connectivity index (χ1v) is 12.1. The quantitative estimate of drug-likeness (QED) is 0.430. The summed E-state index contributed by atoms with van der Waals surface area (Å²) in [7, 11) is -2.45. The van der Waals surface area contributed by atoms with Crippen molar-refractivity contribution in [1.82, 2.24) is 4.98 Å². The molecular formula is C24H22F4N2O4S. The number of anilines is 1. The van der Waals surface area contributed by atoms with E-state index in [1.54, 1.807) is 6.92 Å². The number of carbonyl (C=O) groups excluding carboxylic acids is 1. The maximum atomic E-state index is 13.8. The van der Waals surface area contributed by atoms with Gasteiger partial charge in [-0.15, -0.1) is 0 Å². The number of pyridine rings is 1. The van der Waals surface area contributed by atoms with Gasteiger partial charge in [0.25, 0.3) is 5.91 Å². The second-order valence-corrected chi connectivity index (χ2v) is 10.0. The number of carbonyl (C=O) groups is 1. The number of amides is 1. The van der Waals surface area contributed by atoms with Crippen molar-refractivity contribution < 1.29 is 35.5 Å². The van der Waals surface area contributed by atoms with Crippen LogP contribution in [0.2, 0.25) is 0 Å². The number of hydrogen-bond acceptors (Lipinski definition) is 5. The molecule has 11 heteroatoms. The number of aromatic nitrogens is 1. The van der Waals surface area contributed by atoms with Crippen molar-refractivity contribution in [3.8, 4) is 16.9 Å². The summed E-state index contributed by atoms with van der Waals surface area (Å²) in [5, 5.41) is 0. The summed E-state index contributed by atoms with van der Waals surface area (Å²) >= 11 is 0. The number of rotatable bonds is 6. The minimum atomic E-state index is -4.80. The average molecular weight is 511 g/mol. The topological polar surface area (TPSA) is 76.6 Å². The van der Waals surface area contributed by atoms with E-state index in [0.717, 1.165) is 30.7 Å². The fraction of sp³-hybridized carbons (Fsp3) is 0.250. The molecule has 0 bridgehead atoms. The van der Waals surface area contributed by atoms with Crippen LogP contribution in [0.25, 0.3) is 11.1 Å². The smallest absolute Gasteiger partial charge is 0.406 e. The number of nitrogens with zero attached hydrogens (tertiary/aromatic N) is 2. The van der Waals surface area contributed by atoms with Gasteiger partial charge in [0.1, 0.15) is 18.1 Å². The van der Waals surface area contributed by atoms with Crippen LogP contribution in [-0.4, -0.2) is 45.4 Å². The van der Waals surface area contributed by atoms with Crippen LogP contribution in [0.15, 0.2) is 53.6 Å². The van der Waals surface area contributed by atoms with E-state index < -0.39 is 34.3 Å². The normalized spacial score (nSPS) is 11.9. The molecule has 0 saturated heterocycles. The Bertz CT molecular complexity index is 1390. The summed E-state index contributed by atoms with van der Waals surface area (Å²) in [5.74, 6) is -1.65. The Morgan fingerprint density at radius 3 is 2.34 bits per heavy atom. The molecule has 3 rings (SSSR count). The molecule has 0 aliphatic heterocycles. The minimum Gasteiger partial charge on any atom is -0.496 e. The average Bonchev–Trinajstić information content (AvgIpc) is 2.75. The fourth-order valence-corrected chi connectivity index (χ4v) is 4.30. The number of benzene rings is 2. The van der Waals surface area contributed by atoms with E-state index in [0.29, 0.717) is 16.2 Å². The van der Waals surface area contributed by atoms with Crippen molar-refractivity contribution in [2.24, 2.45) is 0 Å². The Morgan fingerprint density at radius 1 is 1.06 bits per heavy atom. The van der Waals surface area contributed by atoms with Gasteiger partial charge in [0.05, 0.1) is 23.9 Å². The van der Waals surface area contributed by atoms with E-state index in [9.17, 15) is 30.8 Å². The molecule has 1 aromatic heterocycles. The van der Waals surface area contributed by atoms with E-state index in [1.807, 2.05) is 0 Å². The maximum Gasteiger partial charge on any atom is 0.406 e. The molecule has 0 fully saturated rings. The van der Waals surface area contributed by atoms with Crippen LogP contribution >= 0.6 is 0 Å².